The minimum atomic E-state index is -0.280. The monoisotopic (exact) mass is 391 g/mol. The summed E-state index contributed by atoms with van der Waals surface area (Å²) < 4.78 is 24.7. The summed E-state index contributed by atoms with van der Waals surface area (Å²) in [6.07, 6.45) is 0. The molecule has 0 aliphatic rings. The fourth-order valence-electron chi connectivity index (χ4n) is 3.17. The molecule has 0 unspecified atom stereocenters. The number of hydrogen-bond acceptors (Lipinski definition) is 5. The summed E-state index contributed by atoms with van der Waals surface area (Å²) in [6.45, 7) is 5.29. The number of aryl methyl sites for hydroxylation is 2. The Kier molecular flexibility index (Phi) is 5.53. The molecule has 29 heavy (non-hydrogen) atoms. The summed E-state index contributed by atoms with van der Waals surface area (Å²) >= 11 is 0. The van der Waals surface area contributed by atoms with Gasteiger partial charge < -0.3 is 14.6 Å². The maximum Gasteiger partial charge on any atom is 0.218 e. The van der Waals surface area contributed by atoms with Gasteiger partial charge in [-0.25, -0.2) is 9.37 Å². The Morgan fingerprint density at radius 3 is 2.72 bits per heavy atom. The van der Waals surface area contributed by atoms with Crippen LogP contribution < -0.4 is 10.1 Å². The van der Waals surface area contributed by atoms with Gasteiger partial charge in [0, 0.05) is 23.6 Å². The lowest BCUT2D eigenvalue weighted by molar-refractivity contribution is 0.289. The Hall–Kier alpha value is -3.25. The Bertz CT molecular complexity index is 1140. The second-order valence-electron chi connectivity index (χ2n) is 7.11. The number of fused-ring (bicyclic) bond motifs is 1. The minimum absolute atomic E-state index is 0.246. The summed E-state index contributed by atoms with van der Waals surface area (Å²) in [5.74, 6) is 1.03. The first-order chi connectivity index (χ1) is 14.1. The first kappa shape index (κ1) is 19.1. The number of hydrogen-bond donors (Lipinski definition) is 1. The molecule has 4 rings (SSSR count). The summed E-state index contributed by atoms with van der Waals surface area (Å²) in [6, 6.07) is 16.5. The number of nitrogens with one attached hydrogen (secondary N) is 1. The highest BCUT2D eigenvalue weighted by molar-refractivity contribution is 5.80. The van der Waals surface area contributed by atoms with Gasteiger partial charge in [-0.05, 0) is 49.7 Å². The van der Waals surface area contributed by atoms with Crippen LogP contribution in [-0.2, 0) is 19.7 Å². The van der Waals surface area contributed by atoms with E-state index in [4.69, 9.17) is 14.2 Å². The molecule has 0 bridgehead atoms. The van der Waals surface area contributed by atoms with Crippen LogP contribution in [0.4, 0.5) is 4.39 Å². The van der Waals surface area contributed by atoms with Crippen LogP contribution in [0, 0.1) is 19.7 Å². The molecule has 0 radical (unpaired) electrons. The van der Waals surface area contributed by atoms with Crippen LogP contribution in [-0.4, -0.2) is 10.1 Å². The zero-order chi connectivity index (χ0) is 20.2. The number of nitrogens with zero attached hydrogens (tertiary/aromatic N) is 2. The van der Waals surface area contributed by atoms with Crippen molar-refractivity contribution in [2.45, 2.75) is 33.5 Å². The molecule has 0 saturated carbocycles. The van der Waals surface area contributed by atoms with Gasteiger partial charge in [0.2, 0.25) is 5.88 Å². The topological polar surface area (TPSA) is 60.2 Å². The van der Waals surface area contributed by atoms with Crippen molar-refractivity contribution >= 4 is 10.9 Å². The van der Waals surface area contributed by atoms with Gasteiger partial charge >= 0.3 is 0 Å². The molecule has 2 heterocycles. The molecule has 0 fully saturated rings. The third-order valence-electron chi connectivity index (χ3n) is 4.57. The molecule has 1 N–H and O–H groups in total. The van der Waals surface area contributed by atoms with Gasteiger partial charge in [0.25, 0.3) is 0 Å². The van der Waals surface area contributed by atoms with E-state index in [-0.39, 0.29) is 12.4 Å². The second-order valence-corrected chi connectivity index (χ2v) is 7.11. The zero-order valence-corrected chi connectivity index (χ0v) is 16.4. The molecule has 6 heteroatoms. The highest BCUT2D eigenvalue weighted by atomic mass is 19.1. The van der Waals surface area contributed by atoms with E-state index in [0.29, 0.717) is 19.0 Å². The Balaban J connectivity index is 1.55. The van der Waals surface area contributed by atoms with Crippen molar-refractivity contribution in [3.63, 3.8) is 0 Å². The normalized spacial score (nSPS) is 11.1. The van der Waals surface area contributed by atoms with E-state index >= 15 is 0 Å². The Morgan fingerprint density at radius 1 is 1.03 bits per heavy atom. The molecule has 2 aromatic heterocycles. The van der Waals surface area contributed by atoms with Crippen molar-refractivity contribution in [2.24, 2.45) is 0 Å². The highest BCUT2D eigenvalue weighted by Crippen LogP contribution is 2.24. The van der Waals surface area contributed by atoms with E-state index in [2.05, 4.69) is 29.5 Å². The summed E-state index contributed by atoms with van der Waals surface area (Å²) in [5, 5.41) is 8.29. The molecule has 0 atom stereocenters. The fourth-order valence-corrected chi connectivity index (χ4v) is 3.17. The van der Waals surface area contributed by atoms with Crippen LogP contribution in [0.15, 0.2) is 59.1 Å². The van der Waals surface area contributed by atoms with Crippen LogP contribution >= 0.6 is 0 Å². The zero-order valence-electron chi connectivity index (χ0n) is 16.4. The highest BCUT2D eigenvalue weighted by Gasteiger charge is 2.10. The predicted octanol–water partition coefficient (Wildman–Crippen LogP) is 4.85. The lowest BCUT2D eigenvalue weighted by Crippen LogP contribution is -2.14. The molecular weight excluding hydrogens is 369 g/mol. The quantitative estimate of drug-likeness (QED) is 0.488. The maximum absolute atomic E-state index is 13.5. The molecular formula is C23H22FN3O2. The number of rotatable bonds is 7. The Morgan fingerprint density at radius 2 is 1.93 bits per heavy atom. The second kappa shape index (κ2) is 8.41. The third-order valence-corrected chi connectivity index (χ3v) is 4.57. The standard InChI is InChI=1S/C23H22FN3O2/c1-15-6-7-22-18(8-15)11-19(12-25-13-21-9-16(2)27-29-21)23(26-22)28-14-17-4-3-5-20(24)10-17/h3-11,25H,12-14H2,1-2H3. The van der Waals surface area contributed by atoms with Gasteiger partial charge in [-0.15, -0.1) is 0 Å². The van der Waals surface area contributed by atoms with Crippen molar-refractivity contribution in [1.82, 2.24) is 15.5 Å². The molecule has 0 aliphatic heterocycles. The number of aromatic nitrogens is 2. The number of benzene rings is 2. The first-order valence-electron chi connectivity index (χ1n) is 9.47. The molecule has 0 amide bonds. The van der Waals surface area contributed by atoms with Crippen LogP contribution in [0.2, 0.25) is 0 Å². The van der Waals surface area contributed by atoms with Crippen LogP contribution in [0.3, 0.4) is 0 Å². The van der Waals surface area contributed by atoms with E-state index in [1.165, 1.54) is 17.7 Å². The van der Waals surface area contributed by atoms with Gasteiger partial charge in [-0.1, -0.05) is 28.9 Å². The van der Waals surface area contributed by atoms with E-state index in [0.717, 1.165) is 33.5 Å². The lowest BCUT2D eigenvalue weighted by Gasteiger charge is -2.13. The average Bonchev–Trinajstić information content (AvgIpc) is 3.11. The average molecular weight is 391 g/mol. The van der Waals surface area contributed by atoms with Gasteiger partial charge in [0.1, 0.15) is 12.4 Å². The molecule has 4 aromatic rings. The predicted molar refractivity (Wildman–Crippen MR) is 109 cm³/mol. The maximum atomic E-state index is 13.5. The van der Waals surface area contributed by atoms with Gasteiger partial charge in [-0.2, -0.15) is 0 Å². The van der Waals surface area contributed by atoms with Crippen molar-refractivity contribution < 1.29 is 13.7 Å². The van der Waals surface area contributed by atoms with Crippen LogP contribution in [0.1, 0.15) is 28.1 Å². The van der Waals surface area contributed by atoms with Gasteiger partial charge in [0.05, 0.1) is 17.8 Å². The molecule has 0 aliphatic carbocycles. The molecule has 0 spiro atoms. The molecule has 148 valence electrons. The molecule has 5 nitrogen and oxygen atoms in total. The molecule has 2 aromatic carbocycles. The number of halogens is 1. The van der Waals surface area contributed by atoms with Gasteiger partial charge in [0.15, 0.2) is 5.76 Å². The number of ether oxygens (including phenoxy) is 1. The van der Waals surface area contributed by atoms with Crippen molar-refractivity contribution in [3.8, 4) is 5.88 Å². The summed E-state index contributed by atoms with van der Waals surface area (Å²) in [5.41, 5.74) is 4.56. The minimum Gasteiger partial charge on any atom is -0.473 e. The summed E-state index contributed by atoms with van der Waals surface area (Å²) in [4.78, 5) is 4.69. The largest absolute Gasteiger partial charge is 0.473 e. The van der Waals surface area contributed by atoms with Crippen molar-refractivity contribution in [1.29, 1.82) is 0 Å². The van der Waals surface area contributed by atoms with E-state index in [1.54, 1.807) is 6.07 Å². The SMILES string of the molecule is Cc1ccc2nc(OCc3cccc(F)c3)c(CNCc3cc(C)no3)cc2c1. The van der Waals surface area contributed by atoms with Gasteiger partial charge in [-0.3, -0.25) is 0 Å². The summed E-state index contributed by atoms with van der Waals surface area (Å²) in [7, 11) is 0. The van der Waals surface area contributed by atoms with E-state index in [1.807, 2.05) is 31.2 Å². The Labute approximate surface area is 168 Å². The fraction of sp³-hybridized carbons (Fsp3) is 0.217. The van der Waals surface area contributed by atoms with E-state index < -0.39 is 0 Å². The lowest BCUT2D eigenvalue weighted by atomic mass is 10.1. The smallest absolute Gasteiger partial charge is 0.218 e. The van der Waals surface area contributed by atoms with E-state index in [9.17, 15) is 4.39 Å². The number of pyridine rings is 1. The first-order valence-corrected chi connectivity index (χ1v) is 9.47. The van der Waals surface area contributed by atoms with Crippen LogP contribution in [0.25, 0.3) is 10.9 Å². The van der Waals surface area contributed by atoms with Crippen LogP contribution in [0.5, 0.6) is 5.88 Å². The van der Waals surface area contributed by atoms with Crippen molar-refractivity contribution in [2.75, 3.05) is 0 Å². The molecule has 0 saturated heterocycles. The third kappa shape index (κ3) is 4.78. The van der Waals surface area contributed by atoms with Crippen molar-refractivity contribution in [3.05, 3.63) is 88.6 Å².